The monoisotopic (exact) mass is 1670 g/mol. The van der Waals surface area contributed by atoms with Crippen LogP contribution in [0, 0.1) is 20.2 Å². The topological polar surface area (TPSA) is 384 Å². The molecule has 0 saturated carbocycles. The molecule has 16 aromatic rings. The third-order valence-corrected chi connectivity index (χ3v) is 19.0. The zero-order valence-electron chi connectivity index (χ0n) is 68.7. The van der Waals surface area contributed by atoms with Crippen molar-refractivity contribution >= 4 is 69.3 Å². The van der Waals surface area contributed by atoms with E-state index in [0.717, 1.165) is 95.7 Å². The predicted molar refractivity (Wildman–Crippen MR) is 486 cm³/mol. The summed E-state index contributed by atoms with van der Waals surface area (Å²) >= 11 is 0. The van der Waals surface area contributed by atoms with E-state index in [1.54, 1.807) is 109 Å². The molecule has 4 aromatic heterocycles. The standard InChI is InChI=1S/C25H22N4O5.C24H20N4O4.C24H22N4O2.C23H20N4O2/c1-32-21-11-10-16(15-20(21)29(30)31)19-12-13-26-25(28-19)27-18-7-4-6-17(14-18)24-22(33-2)8-5-9-23(24)34-3;1-31-20-8-4-6-17(14-20)16-5-3-7-19(13-16)26-24-25-12-11-21(27-24)18-9-10-23(32-2)22(15-18)28(29)30;1-29-23-11-10-18(14-21(23)25)22-12-13-26-24(28-22)27-19-8-5-9-20(15-19)30-16-17-6-3-2-4-7-17;1-29-22-9-8-17(14-20(22)24)21-10-11-25-23(27-21)26-18-6-2-4-15(12-18)16-5-3-7-19(28)13-16/h4-15H,1-3H3,(H,26,27,28);3-15H,1-2H3,(H,25,26,27);2-15H,16,25H2,1H3,(H,26,27,28);2-14,28H,24H2,1H3,(H,25,26,27). The number of rotatable bonds is 27. The van der Waals surface area contributed by atoms with Crippen LogP contribution in [0.2, 0.25) is 0 Å². The van der Waals surface area contributed by atoms with Gasteiger partial charge in [-0.1, -0.05) is 103 Å². The number of aromatic hydroxyl groups is 1. The largest absolute Gasteiger partial charge is 0.508 e. The number of methoxy groups -OCH3 is 7. The van der Waals surface area contributed by atoms with Gasteiger partial charge in [0.1, 0.15) is 46.9 Å². The van der Waals surface area contributed by atoms with E-state index >= 15 is 0 Å². The Kier molecular flexibility index (Phi) is 28.4. The Morgan fingerprint density at radius 3 is 1.06 bits per heavy atom. The van der Waals surface area contributed by atoms with E-state index in [-0.39, 0.29) is 28.6 Å². The van der Waals surface area contributed by atoms with Crippen LogP contribution in [-0.2, 0) is 6.61 Å². The first-order valence-corrected chi connectivity index (χ1v) is 38.6. The highest BCUT2D eigenvalue weighted by molar-refractivity contribution is 5.81. The number of hydrogen-bond acceptors (Lipinski definition) is 27. The Morgan fingerprint density at radius 1 is 0.312 bits per heavy atom. The Morgan fingerprint density at radius 2 is 0.656 bits per heavy atom. The molecule has 626 valence electrons. The first-order chi connectivity index (χ1) is 60.9. The molecule has 29 nitrogen and oxygen atoms in total. The zero-order chi connectivity index (χ0) is 87.6. The molecule has 0 aliphatic carbocycles. The van der Waals surface area contributed by atoms with E-state index in [9.17, 15) is 25.3 Å². The molecule has 0 radical (unpaired) electrons. The van der Waals surface area contributed by atoms with E-state index in [0.29, 0.717) is 87.3 Å². The lowest BCUT2D eigenvalue weighted by atomic mass is 10.0. The average Bonchev–Trinajstić information content (AvgIpc) is 0.715. The minimum atomic E-state index is -0.486. The second-order valence-corrected chi connectivity index (χ2v) is 27.1. The van der Waals surface area contributed by atoms with Crippen molar-refractivity contribution in [3.8, 4) is 130 Å². The van der Waals surface area contributed by atoms with Gasteiger partial charge in [0.25, 0.3) is 0 Å². The van der Waals surface area contributed by atoms with E-state index in [1.165, 1.54) is 26.4 Å². The van der Waals surface area contributed by atoms with Crippen molar-refractivity contribution in [1.82, 2.24) is 39.9 Å². The molecule has 0 unspecified atom stereocenters. The lowest BCUT2D eigenvalue weighted by molar-refractivity contribution is -0.385. The molecule has 12 aromatic carbocycles. The van der Waals surface area contributed by atoms with Gasteiger partial charge >= 0.3 is 11.4 Å². The summed E-state index contributed by atoms with van der Waals surface area (Å²) in [7, 11) is 10.8. The molecule has 0 fully saturated rings. The number of ether oxygens (including phenoxy) is 8. The van der Waals surface area contributed by atoms with Crippen LogP contribution in [-0.4, -0.2) is 105 Å². The van der Waals surface area contributed by atoms with Crippen LogP contribution in [0.25, 0.3) is 78.4 Å². The summed E-state index contributed by atoms with van der Waals surface area (Å²) in [6, 6.07) is 89.3. The van der Waals surface area contributed by atoms with E-state index in [2.05, 4.69) is 61.1 Å². The summed E-state index contributed by atoms with van der Waals surface area (Å²) in [6.45, 7) is 0.509. The van der Waals surface area contributed by atoms with Gasteiger partial charge in [-0.3, -0.25) is 20.2 Å². The third kappa shape index (κ3) is 22.6. The number of nitro groups is 2. The number of nitro benzene ring substituents is 2. The van der Waals surface area contributed by atoms with Crippen LogP contribution in [0.4, 0.5) is 69.3 Å². The molecule has 0 aliphatic heterocycles. The number of phenolic OH excluding ortho intramolecular Hbond substituents is 1. The normalized spacial score (nSPS) is 10.5. The van der Waals surface area contributed by atoms with E-state index in [4.69, 9.17) is 49.4 Å². The molecule has 4 heterocycles. The molecule has 0 saturated heterocycles. The quantitative estimate of drug-likeness (QED) is 0.0143. The fourth-order valence-electron chi connectivity index (χ4n) is 12.9. The van der Waals surface area contributed by atoms with Crippen molar-refractivity contribution in [3.05, 3.63) is 342 Å². The smallest absolute Gasteiger partial charge is 0.311 e. The summed E-state index contributed by atoms with van der Waals surface area (Å²) in [5.41, 5.74) is 28.4. The lowest BCUT2D eigenvalue weighted by Crippen LogP contribution is -1.99. The highest BCUT2D eigenvalue weighted by Crippen LogP contribution is 2.41. The predicted octanol–water partition coefficient (Wildman–Crippen LogP) is 20.9. The molecule has 0 atom stereocenters. The Balaban J connectivity index is 0.000000143. The third-order valence-electron chi connectivity index (χ3n) is 19.0. The molecule has 0 bridgehead atoms. The van der Waals surface area contributed by atoms with Crippen molar-refractivity contribution in [3.63, 3.8) is 0 Å². The number of anilines is 10. The second kappa shape index (κ2) is 41.4. The summed E-state index contributed by atoms with van der Waals surface area (Å²) in [5, 5.41) is 45.3. The maximum absolute atomic E-state index is 11.4. The van der Waals surface area contributed by atoms with Gasteiger partial charge in [0, 0.05) is 88.0 Å². The average molecular weight is 1670 g/mol. The molecular formula is C96H84N16O13. The zero-order valence-corrected chi connectivity index (χ0v) is 68.7. The number of nitrogens with two attached hydrogens (primary N) is 2. The van der Waals surface area contributed by atoms with Gasteiger partial charge in [0.05, 0.1) is 99.3 Å². The van der Waals surface area contributed by atoms with Gasteiger partial charge < -0.3 is 75.7 Å². The molecule has 0 amide bonds. The van der Waals surface area contributed by atoms with Crippen molar-refractivity contribution in [2.45, 2.75) is 6.61 Å². The molecule has 0 aliphatic rings. The van der Waals surface area contributed by atoms with Crippen molar-refractivity contribution < 1.29 is 52.8 Å². The number of nitrogens with zero attached hydrogens (tertiary/aromatic N) is 10. The Hall–Kier alpha value is -17.2. The number of nitrogens with one attached hydrogen (secondary N) is 4. The molecule has 9 N–H and O–H groups in total. The van der Waals surface area contributed by atoms with Gasteiger partial charge in [-0.25, -0.2) is 39.9 Å². The fourth-order valence-corrected chi connectivity index (χ4v) is 12.9. The number of nitrogen functional groups attached to an aromatic ring is 2. The maximum atomic E-state index is 11.4. The van der Waals surface area contributed by atoms with Crippen LogP contribution < -0.4 is 70.6 Å². The highest BCUT2D eigenvalue weighted by Gasteiger charge is 2.21. The van der Waals surface area contributed by atoms with Crippen LogP contribution in [0.1, 0.15) is 5.56 Å². The summed E-state index contributed by atoms with van der Waals surface area (Å²) in [6.07, 6.45) is 6.60. The Bertz CT molecular complexity index is 6430. The SMILES string of the molecule is COc1ccc(-c2ccnc(Nc3cccc(-c4c(OC)cccc4OC)c3)n2)cc1[N+](=O)[O-].COc1ccc(-c2ccnc(Nc3cccc(-c4cccc(O)c4)c3)n2)cc1N.COc1ccc(-c2ccnc(Nc3cccc(OCc4ccccc4)c3)n2)cc1N.COc1cccc(-c2cccc(Nc3nccc(-c4ccc(OC)c([N+](=O)[O-])c4)n3)c2)c1. The lowest BCUT2D eigenvalue weighted by Gasteiger charge is -2.14. The van der Waals surface area contributed by atoms with Gasteiger partial charge in [-0.2, -0.15) is 0 Å². The van der Waals surface area contributed by atoms with Gasteiger partial charge in [0.2, 0.25) is 23.8 Å². The van der Waals surface area contributed by atoms with Crippen LogP contribution in [0.15, 0.2) is 316 Å². The van der Waals surface area contributed by atoms with Crippen LogP contribution >= 0.6 is 0 Å². The van der Waals surface area contributed by atoms with Crippen LogP contribution in [0.3, 0.4) is 0 Å². The number of aromatic nitrogens is 8. The number of phenols is 1. The fraction of sp³-hybridized carbons (Fsp3) is 0.0833. The summed E-state index contributed by atoms with van der Waals surface area (Å²) < 4.78 is 42.8. The van der Waals surface area contributed by atoms with E-state index < -0.39 is 9.85 Å². The van der Waals surface area contributed by atoms with E-state index in [1.807, 2.05) is 231 Å². The first-order valence-electron chi connectivity index (χ1n) is 38.6. The molecule has 29 heteroatoms. The number of benzene rings is 12. The molecular weight excluding hydrogens is 1590 g/mol. The molecule has 0 spiro atoms. The van der Waals surface area contributed by atoms with Crippen LogP contribution in [0.5, 0.6) is 51.7 Å². The van der Waals surface area contributed by atoms with Crippen molar-refractivity contribution in [1.29, 1.82) is 0 Å². The van der Waals surface area contributed by atoms with Gasteiger partial charge in [0.15, 0.2) is 11.5 Å². The Labute approximate surface area is 719 Å². The highest BCUT2D eigenvalue weighted by atomic mass is 16.6. The number of hydrogen-bond donors (Lipinski definition) is 7. The summed E-state index contributed by atoms with van der Waals surface area (Å²) in [4.78, 5) is 57.2. The van der Waals surface area contributed by atoms with Gasteiger partial charge in [-0.15, -0.1) is 0 Å². The van der Waals surface area contributed by atoms with Crippen molar-refractivity contribution in [2.75, 3.05) is 82.5 Å². The second-order valence-electron chi connectivity index (χ2n) is 27.1. The molecule has 16 rings (SSSR count). The summed E-state index contributed by atoms with van der Waals surface area (Å²) in [5.74, 6) is 6.50. The minimum absolute atomic E-state index is 0.121. The maximum Gasteiger partial charge on any atom is 0.311 e. The van der Waals surface area contributed by atoms with Gasteiger partial charge in [-0.05, 0) is 203 Å². The van der Waals surface area contributed by atoms with Crippen molar-refractivity contribution in [2.24, 2.45) is 0 Å². The first kappa shape index (κ1) is 85.6. The minimum Gasteiger partial charge on any atom is -0.508 e. The molecule has 125 heavy (non-hydrogen) atoms.